The van der Waals surface area contributed by atoms with Gasteiger partial charge in [-0.15, -0.1) is 0 Å². The lowest BCUT2D eigenvalue weighted by atomic mass is 10.0. The molecule has 0 aliphatic carbocycles. The summed E-state index contributed by atoms with van der Waals surface area (Å²) in [5, 5.41) is 0.706. The predicted octanol–water partition coefficient (Wildman–Crippen LogP) is 3.60. The molecule has 0 fully saturated rings. The molecule has 0 saturated heterocycles. The lowest BCUT2D eigenvalue weighted by Gasteiger charge is -2.11. The molecule has 2 aromatic rings. The summed E-state index contributed by atoms with van der Waals surface area (Å²) in [4.78, 5) is 0. The molecule has 0 spiro atoms. The third-order valence-electron chi connectivity index (χ3n) is 2.41. The maximum absolute atomic E-state index is 5.95. The van der Waals surface area contributed by atoms with Gasteiger partial charge in [0.2, 0.25) is 0 Å². The summed E-state index contributed by atoms with van der Waals surface area (Å²) in [6, 6.07) is 13.1. The Morgan fingerprint density at radius 3 is 2.38 bits per heavy atom. The van der Waals surface area contributed by atoms with Crippen molar-refractivity contribution >= 4 is 17.3 Å². The summed E-state index contributed by atoms with van der Waals surface area (Å²) in [5.74, 6) is 0.766. The molecular weight excluding hydrogens is 222 g/mol. The van der Waals surface area contributed by atoms with Crippen LogP contribution in [0.25, 0.3) is 11.1 Å². The number of hydrogen-bond acceptors (Lipinski definition) is 2. The van der Waals surface area contributed by atoms with E-state index in [1.54, 1.807) is 7.11 Å². The first-order valence-electron chi connectivity index (χ1n) is 4.91. The van der Waals surface area contributed by atoms with Crippen molar-refractivity contribution in [2.75, 3.05) is 12.8 Å². The summed E-state index contributed by atoms with van der Waals surface area (Å²) in [5.41, 5.74) is 8.55. The van der Waals surface area contributed by atoms with Gasteiger partial charge in [0.25, 0.3) is 0 Å². The SMILES string of the molecule is COc1cccc(N)c1-c1ccc(Cl)cc1. The molecule has 3 heteroatoms. The molecule has 0 heterocycles. The van der Waals surface area contributed by atoms with Gasteiger partial charge in [0.05, 0.1) is 7.11 Å². The Morgan fingerprint density at radius 1 is 1.06 bits per heavy atom. The number of hydrogen-bond donors (Lipinski definition) is 1. The zero-order valence-electron chi connectivity index (χ0n) is 8.91. The number of rotatable bonds is 2. The van der Waals surface area contributed by atoms with Crippen molar-refractivity contribution in [2.45, 2.75) is 0 Å². The van der Waals surface area contributed by atoms with Crippen LogP contribution >= 0.6 is 11.6 Å². The van der Waals surface area contributed by atoms with Crippen LogP contribution in [0.3, 0.4) is 0 Å². The lowest BCUT2D eigenvalue weighted by Crippen LogP contribution is -1.94. The summed E-state index contributed by atoms with van der Waals surface area (Å²) in [6.45, 7) is 0. The molecule has 0 aliphatic rings. The van der Waals surface area contributed by atoms with E-state index in [-0.39, 0.29) is 0 Å². The van der Waals surface area contributed by atoms with Crippen LogP contribution < -0.4 is 10.5 Å². The van der Waals surface area contributed by atoms with Gasteiger partial charge in [-0.05, 0) is 29.8 Å². The van der Waals surface area contributed by atoms with Gasteiger partial charge in [-0.1, -0.05) is 29.8 Å². The largest absolute Gasteiger partial charge is 0.496 e. The highest BCUT2D eigenvalue weighted by atomic mass is 35.5. The molecule has 0 bridgehead atoms. The average molecular weight is 234 g/mol. The second-order valence-electron chi connectivity index (χ2n) is 3.43. The fraction of sp³-hybridized carbons (Fsp3) is 0.0769. The van der Waals surface area contributed by atoms with E-state index in [9.17, 15) is 0 Å². The summed E-state index contributed by atoms with van der Waals surface area (Å²) >= 11 is 5.85. The van der Waals surface area contributed by atoms with Gasteiger partial charge in [0, 0.05) is 16.3 Å². The third-order valence-corrected chi connectivity index (χ3v) is 2.66. The molecule has 0 atom stereocenters. The van der Waals surface area contributed by atoms with Crippen molar-refractivity contribution in [2.24, 2.45) is 0 Å². The van der Waals surface area contributed by atoms with Crippen LogP contribution in [0.2, 0.25) is 5.02 Å². The highest BCUT2D eigenvalue weighted by Gasteiger charge is 2.08. The summed E-state index contributed by atoms with van der Waals surface area (Å²) in [6.07, 6.45) is 0. The normalized spacial score (nSPS) is 10.1. The molecule has 82 valence electrons. The van der Waals surface area contributed by atoms with Crippen molar-refractivity contribution < 1.29 is 4.74 Å². The number of nitrogen functional groups attached to an aromatic ring is 1. The van der Waals surface area contributed by atoms with Gasteiger partial charge in [-0.2, -0.15) is 0 Å². The third kappa shape index (κ3) is 1.97. The minimum Gasteiger partial charge on any atom is -0.496 e. The van der Waals surface area contributed by atoms with E-state index in [1.807, 2.05) is 42.5 Å². The van der Waals surface area contributed by atoms with E-state index in [2.05, 4.69) is 0 Å². The highest BCUT2D eigenvalue weighted by molar-refractivity contribution is 6.30. The number of halogens is 1. The number of ether oxygens (including phenoxy) is 1. The molecular formula is C13H12ClNO. The lowest BCUT2D eigenvalue weighted by molar-refractivity contribution is 0.416. The minimum absolute atomic E-state index is 0.696. The molecule has 0 saturated carbocycles. The smallest absolute Gasteiger partial charge is 0.128 e. The van der Waals surface area contributed by atoms with Crippen LogP contribution in [0, 0.1) is 0 Å². The van der Waals surface area contributed by atoms with Crippen LogP contribution in [0.5, 0.6) is 5.75 Å². The number of methoxy groups -OCH3 is 1. The summed E-state index contributed by atoms with van der Waals surface area (Å²) in [7, 11) is 1.63. The monoisotopic (exact) mass is 233 g/mol. The van der Waals surface area contributed by atoms with Crippen LogP contribution in [-0.4, -0.2) is 7.11 Å². The maximum Gasteiger partial charge on any atom is 0.128 e. The van der Waals surface area contributed by atoms with Gasteiger partial charge in [-0.3, -0.25) is 0 Å². The Hall–Kier alpha value is -1.67. The van der Waals surface area contributed by atoms with Crippen LogP contribution in [0.4, 0.5) is 5.69 Å². The minimum atomic E-state index is 0.696. The van der Waals surface area contributed by atoms with Crippen LogP contribution in [0.1, 0.15) is 0 Å². The Bertz CT molecular complexity index is 494. The van der Waals surface area contributed by atoms with Crippen LogP contribution in [0.15, 0.2) is 42.5 Å². The Kier molecular flexibility index (Phi) is 3.02. The van der Waals surface area contributed by atoms with Crippen LogP contribution in [-0.2, 0) is 0 Å². The number of anilines is 1. The second-order valence-corrected chi connectivity index (χ2v) is 3.87. The molecule has 2 nitrogen and oxygen atoms in total. The molecule has 2 N–H and O–H groups in total. The molecule has 2 rings (SSSR count). The topological polar surface area (TPSA) is 35.2 Å². The average Bonchev–Trinajstić information content (AvgIpc) is 2.30. The standard InChI is InChI=1S/C13H12ClNO/c1-16-12-4-2-3-11(15)13(12)9-5-7-10(14)8-6-9/h2-8H,15H2,1H3. The first kappa shape index (κ1) is 10.8. The second kappa shape index (κ2) is 4.45. The van der Waals surface area contributed by atoms with E-state index in [0.717, 1.165) is 16.9 Å². The molecule has 2 aromatic carbocycles. The van der Waals surface area contributed by atoms with Gasteiger partial charge in [0.1, 0.15) is 5.75 Å². The molecule has 0 amide bonds. The zero-order valence-corrected chi connectivity index (χ0v) is 9.66. The zero-order chi connectivity index (χ0) is 11.5. The predicted molar refractivity (Wildman–Crippen MR) is 67.9 cm³/mol. The van der Waals surface area contributed by atoms with Crippen molar-refractivity contribution in [1.29, 1.82) is 0 Å². The van der Waals surface area contributed by atoms with Gasteiger partial charge in [0.15, 0.2) is 0 Å². The van der Waals surface area contributed by atoms with E-state index in [4.69, 9.17) is 22.1 Å². The van der Waals surface area contributed by atoms with Crippen molar-refractivity contribution in [3.63, 3.8) is 0 Å². The Morgan fingerprint density at radius 2 is 1.75 bits per heavy atom. The van der Waals surface area contributed by atoms with Gasteiger partial charge in [-0.25, -0.2) is 0 Å². The quantitative estimate of drug-likeness (QED) is 0.805. The highest BCUT2D eigenvalue weighted by Crippen LogP contribution is 2.35. The maximum atomic E-state index is 5.95. The molecule has 16 heavy (non-hydrogen) atoms. The molecule has 0 aliphatic heterocycles. The molecule has 0 unspecified atom stereocenters. The fourth-order valence-corrected chi connectivity index (χ4v) is 1.77. The first-order chi connectivity index (χ1) is 7.72. The Balaban J connectivity index is 2.58. The summed E-state index contributed by atoms with van der Waals surface area (Å²) < 4.78 is 5.30. The van der Waals surface area contributed by atoms with E-state index in [1.165, 1.54) is 0 Å². The number of nitrogens with two attached hydrogens (primary N) is 1. The van der Waals surface area contributed by atoms with Crippen molar-refractivity contribution in [3.05, 3.63) is 47.5 Å². The molecule has 0 radical (unpaired) electrons. The van der Waals surface area contributed by atoms with E-state index >= 15 is 0 Å². The van der Waals surface area contributed by atoms with Gasteiger partial charge < -0.3 is 10.5 Å². The Labute approximate surface area is 99.6 Å². The number of benzene rings is 2. The fourth-order valence-electron chi connectivity index (χ4n) is 1.64. The van der Waals surface area contributed by atoms with Crippen molar-refractivity contribution in [3.8, 4) is 16.9 Å². The van der Waals surface area contributed by atoms with E-state index < -0.39 is 0 Å². The van der Waals surface area contributed by atoms with Crippen molar-refractivity contribution in [1.82, 2.24) is 0 Å². The molecule has 0 aromatic heterocycles. The van der Waals surface area contributed by atoms with E-state index in [0.29, 0.717) is 10.7 Å². The van der Waals surface area contributed by atoms with Gasteiger partial charge >= 0.3 is 0 Å². The first-order valence-corrected chi connectivity index (χ1v) is 5.28.